The highest BCUT2D eigenvalue weighted by Gasteiger charge is 2.20. The molecule has 4 aromatic rings. The third-order valence-electron chi connectivity index (χ3n) is 5.60. The zero-order valence-corrected chi connectivity index (χ0v) is 21.8. The van der Waals surface area contributed by atoms with Crippen molar-refractivity contribution in [2.24, 2.45) is 5.73 Å². The number of thiophene rings is 1. The Balaban J connectivity index is 1.57. The van der Waals surface area contributed by atoms with Crippen molar-refractivity contribution in [1.29, 1.82) is 5.41 Å². The molecule has 1 atom stereocenters. The third-order valence-corrected chi connectivity index (χ3v) is 8.42. The fraction of sp³-hybridized carbons (Fsp3) is 0.148. The number of methoxy groups -OCH3 is 1. The van der Waals surface area contributed by atoms with Crippen LogP contribution in [0.25, 0.3) is 0 Å². The standard InChI is InChI=1S/C27H28N4O4S2/c1-34-25-16-21(11-14-24(25)35-18-19-6-3-2-4-7-19)23(17-30-37(32,33)26-8-5-15-36-26)31-22-12-9-20(10-13-22)27(28)29/h2-16,23,30-31H,17-18H2,1H3,(H3,28,29). The lowest BCUT2D eigenvalue weighted by Gasteiger charge is -2.22. The zero-order valence-electron chi connectivity index (χ0n) is 20.2. The number of nitrogen functional groups attached to an aromatic ring is 1. The first-order valence-corrected chi connectivity index (χ1v) is 13.8. The van der Waals surface area contributed by atoms with Crippen LogP contribution in [0.1, 0.15) is 22.7 Å². The minimum atomic E-state index is -3.67. The summed E-state index contributed by atoms with van der Waals surface area (Å²) in [6.45, 7) is 0.476. The Hall–Kier alpha value is -3.86. The van der Waals surface area contributed by atoms with Crippen LogP contribution < -0.4 is 25.2 Å². The van der Waals surface area contributed by atoms with E-state index in [1.165, 1.54) is 0 Å². The van der Waals surface area contributed by atoms with E-state index in [2.05, 4.69) is 10.0 Å². The van der Waals surface area contributed by atoms with Crippen LogP contribution in [-0.2, 0) is 16.6 Å². The molecule has 3 aromatic carbocycles. The van der Waals surface area contributed by atoms with E-state index in [0.717, 1.165) is 28.2 Å². The van der Waals surface area contributed by atoms with Crippen LogP contribution in [0.3, 0.4) is 0 Å². The summed E-state index contributed by atoms with van der Waals surface area (Å²) in [7, 11) is -2.10. The van der Waals surface area contributed by atoms with E-state index in [9.17, 15) is 8.42 Å². The molecule has 10 heteroatoms. The molecule has 8 nitrogen and oxygen atoms in total. The molecule has 0 aliphatic rings. The minimum Gasteiger partial charge on any atom is -0.493 e. The van der Waals surface area contributed by atoms with Gasteiger partial charge in [-0.25, -0.2) is 13.1 Å². The molecule has 0 bridgehead atoms. The minimum absolute atomic E-state index is 0.0253. The van der Waals surface area contributed by atoms with E-state index in [4.69, 9.17) is 20.6 Å². The Morgan fingerprint density at radius 1 is 1.00 bits per heavy atom. The second kappa shape index (κ2) is 11.9. The summed E-state index contributed by atoms with van der Waals surface area (Å²) in [6, 6.07) is 25.3. The van der Waals surface area contributed by atoms with E-state index in [-0.39, 0.29) is 16.6 Å². The molecular formula is C27H28N4O4S2. The fourth-order valence-corrected chi connectivity index (χ4v) is 5.72. The van der Waals surface area contributed by atoms with Crippen molar-refractivity contribution in [1.82, 2.24) is 4.72 Å². The summed E-state index contributed by atoms with van der Waals surface area (Å²) in [5.41, 5.74) is 8.74. The topological polar surface area (TPSA) is 127 Å². The monoisotopic (exact) mass is 536 g/mol. The number of ether oxygens (including phenoxy) is 2. The number of nitrogens with two attached hydrogens (primary N) is 1. The maximum atomic E-state index is 12.8. The third kappa shape index (κ3) is 6.88. The quantitative estimate of drug-likeness (QED) is 0.153. The van der Waals surface area contributed by atoms with E-state index < -0.39 is 16.1 Å². The van der Waals surface area contributed by atoms with Crippen molar-refractivity contribution < 1.29 is 17.9 Å². The van der Waals surface area contributed by atoms with Crippen molar-refractivity contribution in [2.45, 2.75) is 16.9 Å². The van der Waals surface area contributed by atoms with Crippen LogP contribution in [0.5, 0.6) is 11.5 Å². The maximum absolute atomic E-state index is 12.8. The van der Waals surface area contributed by atoms with Gasteiger partial charge in [0.2, 0.25) is 10.0 Å². The Kier molecular flexibility index (Phi) is 8.44. The molecule has 0 saturated heterocycles. The number of sulfonamides is 1. The van der Waals surface area contributed by atoms with Gasteiger partial charge in [-0.15, -0.1) is 11.3 Å². The van der Waals surface area contributed by atoms with Gasteiger partial charge in [-0.05, 0) is 59.0 Å². The van der Waals surface area contributed by atoms with Gasteiger partial charge in [-0.1, -0.05) is 42.5 Å². The predicted molar refractivity (Wildman–Crippen MR) is 147 cm³/mol. The molecule has 4 rings (SSSR count). The molecule has 0 fully saturated rings. The first-order valence-electron chi connectivity index (χ1n) is 11.4. The first-order chi connectivity index (χ1) is 17.9. The van der Waals surface area contributed by atoms with Gasteiger partial charge >= 0.3 is 0 Å². The fourth-order valence-electron chi connectivity index (χ4n) is 3.64. The Morgan fingerprint density at radius 2 is 1.76 bits per heavy atom. The van der Waals surface area contributed by atoms with Crippen molar-refractivity contribution in [3.05, 3.63) is 107 Å². The van der Waals surface area contributed by atoms with Gasteiger partial charge in [0.15, 0.2) is 11.5 Å². The molecule has 37 heavy (non-hydrogen) atoms. The van der Waals surface area contributed by atoms with Crippen molar-refractivity contribution in [2.75, 3.05) is 19.0 Å². The highest BCUT2D eigenvalue weighted by Crippen LogP contribution is 2.32. The normalized spacial score (nSPS) is 12.0. The van der Waals surface area contributed by atoms with Gasteiger partial charge in [0.25, 0.3) is 0 Å². The number of anilines is 1. The second-order valence-electron chi connectivity index (χ2n) is 8.16. The zero-order chi connectivity index (χ0) is 26.3. The molecule has 192 valence electrons. The Bertz CT molecular complexity index is 1430. The average molecular weight is 537 g/mol. The lowest BCUT2D eigenvalue weighted by Crippen LogP contribution is -2.31. The van der Waals surface area contributed by atoms with E-state index in [1.54, 1.807) is 48.9 Å². The number of rotatable bonds is 12. The smallest absolute Gasteiger partial charge is 0.250 e. The molecule has 0 spiro atoms. The van der Waals surface area contributed by atoms with Crippen molar-refractivity contribution >= 4 is 32.9 Å². The number of nitrogens with one attached hydrogen (secondary N) is 3. The average Bonchev–Trinajstić information content (AvgIpc) is 3.47. The molecule has 1 heterocycles. The van der Waals surface area contributed by atoms with Crippen LogP contribution in [0, 0.1) is 5.41 Å². The number of amidine groups is 1. The van der Waals surface area contributed by atoms with Gasteiger partial charge in [-0.3, -0.25) is 5.41 Å². The molecule has 5 N–H and O–H groups in total. The van der Waals surface area contributed by atoms with Gasteiger partial charge in [0.1, 0.15) is 16.7 Å². The Labute approximate surface area is 220 Å². The van der Waals surface area contributed by atoms with Crippen LogP contribution in [-0.4, -0.2) is 27.9 Å². The van der Waals surface area contributed by atoms with Crippen molar-refractivity contribution in [3.63, 3.8) is 0 Å². The predicted octanol–water partition coefficient (Wildman–Crippen LogP) is 4.75. The van der Waals surface area contributed by atoms with Crippen molar-refractivity contribution in [3.8, 4) is 11.5 Å². The summed E-state index contributed by atoms with van der Waals surface area (Å²) < 4.78 is 40.1. The maximum Gasteiger partial charge on any atom is 0.250 e. The van der Waals surface area contributed by atoms with E-state index >= 15 is 0 Å². The van der Waals surface area contributed by atoms with E-state index in [1.807, 2.05) is 48.5 Å². The summed E-state index contributed by atoms with van der Waals surface area (Å²) in [6.07, 6.45) is 0. The highest BCUT2D eigenvalue weighted by atomic mass is 32.2. The molecular weight excluding hydrogens is 508 g/mol. The largest absolute Gasteiger partial charge is 0.493 e. The molecule has 1 unspecified atom stereocenters. The van der Waals surface area contributed by atoms with Crippen LogP contribution in [0.2, 0.25) is 0 Å². The van der Waals surface area contributed by atoms with Gasteiger partial charge in [-0.2, -0.15) is 0 Å². The lowest BCUT2D eigenvalue weighted by atomic mass is 10.1. The number of hydrogen-bond acceptors (Lipinski definition) is 7. The molecule has 0 aliphatic heterocycles. The lowest BCUT2D eigenvalue weighted by molar-refractivity contribution is 0.284. The molecule has 0 aliphatic carbocycles. The Morgan fingerprint density at radius 3 is 2.41 bits per heavy atom. The summed E-state index contributed by atoms with van der Waals surface area (Å²) in [5, 5.41) is 12.7. The number of hydrogen-bond donors (Lipinski definition) is 4. The number of benzene rings is 3. The molecule has 1 aromatic heterocycles. The molecule has 0 saturated carbocycles. The van der Waals surface area contributed by atoms with E-state index in [0.29, 0.717) is 23.7 Å². The highest BCUT2D eigenvalue weighted by molar-refractivity contribution is 7.91. The van der Waals surface area contributed by atoms with Crippen LogP contribution in [0.4, 0.5) is 5.69 Å². The van der Waals surface area contributed by atoms with Gasteiger partial charge < -0.3 is 20.5 Å². The summed E-state index contributed by atoms with van der Waals surface area (Å²) >= 11 is 1.16. The van der Waals surface area contributed by atoms with Gasteiger partial charge in [0, 0.05) is 17.8 Å². The molecule has 0 amide bonds. The molecule has 0 radical (unpaired) electrons. The summed E-state index contributed by atoms with van der Waals surface area (Å²) in [5.74, 6) is 1.09. The summed E-state index contributed by atoms with van der Waals surface area (Å²) in [4.78, 5) is 0. The van der Waals surface area contributed by atoms with Gasteiger partial charge in [0.05, 0.1) is 13.2 Å². The van der Waals surface area contributed by atoms with Crippen LogP contribution in [0.15, 0.2) is 94.5 Å². The van der Waals surface area contributed by atoms with Crippen LogP contribution >= 0.6 is 11.3 Å². The SMILES string of the molecule is COc1cc(C(CNS(=O)(=O)c2cccs2)Nc2ccc(C(=N)N)cc2)ccc1OCc1ccccc1. The second-order valence-corrected chi connectivity index (χ2v) is 11.1. The first kappa shape index (κ1) is 26.2.